The molecule has 0 radical (unpaired) electrons. The lowest BCUT2D eigenvalue weighted by molar-refractivity contribution is -0.132. The third kappa shape index (κ3) is 2.15. The van der Waals surface area contributed by atoms with Gasteiger partial charge in [-0.2, -0.15) is 0 Å². The van der Waals surface area contributed by atoms with Crippen LogP contribution in [0.3, 0.4) is 0 Å². The zero-order chi connectivity index (χ0) is 11.6. The monoisotopic (exact) mass is 222 g/mol. The molecule has 1 saturated heterocycles. The van der Waals surface area contributed by atoms with Gasteiger partial charge in [0.15, 0.2) is 5.60 Å². The topological polar surface area (TPSA) is 81.6 Å². The molecule has 1 fully saturated rings. The first-order valence-corrected chi connectivity index (χ1v) is 5.14. The molecule has 1 amide bonds. The van der Waals surface area contributed by atoms with Crippen molar-refractivity contribution in [3.63, 3.8) is 0 Å². The van der Waals surface area contributed by atoms with Crippen LogP contribution in [0, 0.1) is 0 Å². The molecule has 1 atom stereocenters. The van der Waals surface area contributed by atoms with Gasteiger partial charge in [0.2, 0.25) is 0 Å². The number of aliphatic hydroxyl groups is 1. The maximum atomic E-state index is 11.8. The number of hydrogen-bond acceptors (Lipinski definition) is 4. The van der Waals surface area contributed by atoms with Gasteiger partial charge in [-0.05, 0) is 25.1 Å². The van der Waals surface area contributed by atoms with Crippen LogP contribution in [0.15, 0.2) is 24.3 Å². The van der Waals surface area contributed by atoms with Gasteiger partial charge in [0.05, 0.1) is 0 Å². The van der Waals surface area contributed by atoms with Crippen LogP contribution < -0.4 is 10.6 Å². The number of aromatic hydroxyl groups is 1. The first-order valence-electron chi connectivity index (χ1n) is 5.14. The maximum Gasteiger partial charge on any atom is 0.257 e. The number of phenolic OH excluding ortho intramolecular Hbond substituents is 1. The number of rotatable bonds is 2. The van der Waals surface area contributed by atoms with Crippen molar-refractivity contribution in [2.45, 2.75) is 12.0 Å². The number of carbonyl (C=O) groups is 1. The molecule has 0 spiro atoms. The Morgan fingerprint density at radius 2 is 2.31 bits per heavy atom. The molecule has 2 rings (SSSR count). The SMILES string of the molecule is O=C(Nc1cccc(O)c1)C1(O)CCNC1. The summed E-state index contributed by atoms with van der Waals surface area (Å²) in [6.07, 6.45) is 0.400. The number of hydrogen-bond donors (Lipinski definition) is 4. The molecule has 1 aromatic rings. The average molecular weight is 222 g/mol. The van der Waals surface area contributed by atoms with Crippen molar-refractivity contribution in [2.75, 3.05) is 18.4 Å². The minimum Gasteiger partial charge on any atom is -0.508 e. The number of carbonyl (C=O) groups excluding carboxylic acids is 1. The number of β-amino-alcohol motifs (C(OH)–C–C–N with tert-alkyl or cyclic N) is 1. The highest BCUT2D eigenvalue weighted by atomic mass is 16.3. The second-order valence-corrected chi connectivity index (χ2v) is 3.96. The highest BCUT2D eigenvalue weighted by molar-refractivity contribution is 5.97. The van der Waals surface area contributed by atoms with E-state index >= 15 is 0 Å². The molecule has 86 valence electrons. The highest BCUT2D eigenvalue weighted by Gasteiger charge is 2.38. The molecule has 1 aromatic carbocycles. The van der Waals surface area contributed by atoms with E-state index in [0.29, 0.717) is 18.7 Å². The Labute approximate surface area is 93.1 Å². The quantitative estimate of drug-likeness (QED) is 0.570. The van der Waals surface area contributed by atoms with Gasteiger partial charge in [-0.1, -0.05) is 6.07 Å². The van der Waals surface area contributed by atoms with E-state index in [1.54, 1.807) is 12.1 Å². The summed E-state index contributed by atoms with van der Waals surface area (Å²) >= 11 is 0. The molecule has 0 bridgehead atoms. The summed E-state index contributed by atoms with van der Waals surface area (Å²) in [5, 5.41) is 24.7. The van der Waals surface area contributed by atoms with Gasteiger partial charge in [0, 0.05) is 18.3 Å². The van der Waals surface area contributed by atoms with Crippen molar-refractivity contribution in [2.24, 2.45) is 0 Å². The van der Waals surface area contributed by atoms with Gasteiger partial charge in [0.25, 0.3) is 5.91 Å². The fraction of sp³-hybridized carbons (Fsp3) is 0.364. The molecule has 0 aromatic heterocycles. The predicted molar refractivity (Wildman–Crippen MR) is 59.2 cm³/mol. The lowest BCUT2D eigenvalue weighted by Crippen LogP contribution is -2.44. The molecule has 0 saturated carbocycles. The molecule has 5 heteroatoms. The Balaban J connectivity index is 2.07. The summed E-state index contributed by atoms with van der Waals surface area (Å²) in [7, 11) is 0. The highest BCUT2D eigenvalue weighted by Crippen LogP contribution is 2.20. The van der Waals surface area contributed by atoms with Gasteiger partial charge in [-0.3, -0.25) is 4.79 Å². The van der Waals surface area contributed by atoms with E-state index in [0.717, 1.165) is 0 Å². The minimum atomic E-state index is -1.34. The Bertz CT molecular complexity index is 400. The van der Waals surface area contributed by atoms with E-state index in [4.69, 9.17) is 0 Å². The number of benzene rings is 1. The molecule has 1 unspecified atom stereocenters. The van der Waals surface area contributed by atoms with Crippen LogP contribution in [0.1, 0.15) is 6.42 Å². The first kappa shape index (κ1) is 10.9. The molecular formula is C11H14N2O3. The Morgan fingerprint density at radius 1 is 1.50 bits per heavy atom. The normalized spacial score (nSPS) is 24.3. The minimum absolute atomic E-state index is 0.0781. The molecule has 16 heavy (non-hydrogen) atoms. The molecule has 4 N–H and O–H groups in total. The fourth-order valence-corrected chi connectivity index (χ4v) is 1.70. The first-order chi connectivity index (χ1) is 7.60. The van der Waals surface area contributed by atoms with Crippen molar-refractivity contribution < 1.29 is 15.0 Å². The van der Waals surface area contributed by atoms with Crippen molar-refractivity contribution in [1.82, 2.24) is 5.32 Å². The second kappa shape index (κ2) is 4.11. The lowest BCUT2D eigenvalue weighted by atomic mass is 10.0. The van der Waals surface area contributed by atoms with Gasteiger partial charge in [-0.25, -0.2) is 0 Å². The van der Waals surface area contributed by atoms with E-state index in [-0.39, 0.29) is 12.3 Å². The van der Waals surface area contributed by atoms with E-state index < -0.39 is 11.5 Å². The number of amides is 1. The van der Waals surface area contributed by atoms with Crippen LogP contribution in [0.2, 0.25) is 0 Å². The average Bonchev–Trinajstić information content (AvgIpc) is 2.66. The maximum absolute atomic E-state index is 11.8. The van der Waals surface area contributed by atoms with Crippen molar-refractivity contribution in [3.8, 4) is 5.75 Å². The summed E-state index contributed by atoms with van der Waals surface area (Å²) in [6, 6.07) is 6.23. The molecule has 0 aliphatic carbocycles. The fourth-order valence-electron chi connectivity index (χ4n) is 1.70. The Morgan fingerprint density at radius 3 is 2.94 bits per heavy atom. The molecular weight excluding hydrogens is 208 g/mol. The predicted octanol–water partition coefficient (Wildman–Crippen LogP) is 0.0551. The van der Waals surface area contributed by atoms with E-state index in [2.05, 4.69) is 10.6 Å². The second-order valence-electron chi connectivity index (χ2n) is 3.96. The molecule has 1 aliphatic rings. The van der Waals surface area contributed by atoms with E-state index in [9.17, 15) is 15.0 Å². The zero-order valence-corrected chi connectivity index (χ0v) is 8.73. The van der Waals surface area contributed by atoms with Crippen LogP contribution >= 0.6 is 0 Å². The van der Waals surface area contributed by atoms with Crippen LogP contribution in [0.5, 0.6) is 5.75 Å². The van der Waals surface area contributed by atoms with E-state index in [1.807, 2.05) is 0 Å². The zero-order valence-electron chi connectivity index (χ0n) is 8.73. The van der Waals surface area contributed by atoms with Gasteiger partial charge < -0.3 is 20.8 Å². The van der Waals surface area contributed by atoms with Crippen molar-refractivity contribution in [1.29, 1.82) is 0 Å². The van der Waals surface area contributed by atoms with Crippen molar-refractivity contribution >= 4 is 11.6 Å². The summed E-state index contributed by atoms with van der Waals surface area (Å²) < 4.78 is 0. The number of nitrogens with one attached hydrogen (secondary N) is 2. The molecule has 5 nitrogen and oxygen atoms in total. The van der Waals surface area contributed by atoms with Gasteiger partial charge in [0.1, 0.15) is 5.75 Å². The summed E-state index contributed by atoms with van der Waals surface area (Å²) in [6.45, 7) is 0.890. The number of phenols is 1. The summed E-state index contributed by atoms with van der Waals surface area (Å²) in [5.74, 6) is -0.363. The smallest absolute Gasteiger partial charge is 0.257 e. The van der Waals surface area contributed by atoms with Crippen LogP contribution in [-0.4, -0.2) is 34.8 Å². The molecule has 1 aliphatic heterocycles. The van der Waals surface area contributed by atoms with Crippen LogP contribution in [-0.2, 0) is 4.79 Å². The number of anilines is 1. The van der Waals surface area contributed by atoms with Gasteiger partial charge >= 0.3 is 0 Å². The lowest BCUT2D eigenvalue weighted by Gasteiger charge is -2.20. The molecule has 1 heterocycles. The van der Waals surface area contributed by atoms with Crippen molar-refractivity contribution in [3.05, 3.63) is 24.3 Å². The van der Waals surface area contributed by atoms with Crippen LogP contribution in [0.4, 0.5) is 5.69 Å². The third-order valence-corrected chi connectivity index (χ3v) is 2.66. The Hall–Kier alpha value is -1.59. The third-order valence-electron chi connectivity index (χ3n) is 2.66. The standard InChI is InChI=1S/C11H14N2O3/c14-9-3-1-2-8(6-9)13-10(15)11(16)4-5-12-7-11/h1-3,6,12,14,16H,4-5,7H2,(H,13,15). The Kier molecular flexibility index (Phi) is 2.80. The summed E-state index contributed by atoms with van der Waals surface area (Å²) in [4.78, 5) is 11.8. The largest absolute Gasteiger partial charge is 0.508 e. The van der Waals surface area contributed by atoms with Crippen LogP contribution in [0.25, 0.3) is 0 Å². The van der Waals surface area contributed by atoms with Gasteiger partial charge in [-0.15, -0.1) is 0 Å². The van der Waals surface area contributed by atoms with E-state index in [1.165, 1.54) is 12.1 Å². The summed E-state index contributed by atoms with van der Waals surface area (Å²) in [5.41, 5.74) is -0.865.